The Kier molecular flexibility index (Phi) is 2.08. The zero-order chi connectivity index (χ0) is 8.55. The predicted molar refractivity (Wildman–Crippen MR) is 52.8 cm³/mol. The molecule has 0 aliphatic heterocycles. The molecule has 0 amide bonds. The zero-order valence-corrected chi connectivity index (χ0v) is 7.87. The van der Waals surface area contributed by atoms with E-state index >= 15 is 0 Å². The van der Waals surface area contributed by atoms with Crippen LogP contribution in [-0.4, -0.2) is 0 Å². The van der Waals surface area contributed by atoms with E-state index in [1.165, 1.54) is 19.3 Å². The Morgan fingerprint density at radius 2 is 2.33 bits per heavy atom. The summed E-state index contributed by atoms with van der Waals surface area (Å²) >= 11 is 0. The standard InChI is InChI=1S/C12H18/c1-3-4-9(2)12-8-10-5-6-11(12)7-10/h3,5-6,9-12H,1,4,7-8H2,2H3. The average Bonchev–Trinajstić information content (AvgIpc) is 2.64. The topological polar surface area (TPSA) is 0 Å². The zero-order valence-electron chi connectivity index (χ0n) is 7.87. The minimum atomic E-state index is 0.849. The second kappa shape index (κ2) is 3.08. The van der Waals surface area contributed by atoms with Gasteiger partial charge in [0.2, 0.25) is 0 Å². The highest BCUT2D eigenvalue weighted by Gasteiger charge is 2.37. The van der Waals surface area contributed by atoms with E-state index in [0.717, 1.165) is 23.7 Å². The Hall–Kier alpha value is -0.520. The molecule has 0 heterocycles. The van der Waals surface area contributed by atoms with Crippen LogP contribution in [0.1, 0.15) is 26.2 Å². The molecule has 0 saturated heterocycles. The smallest absolute Gasteiger partial charge is 0.0197 e. The number of hydrogen-bond acceptors (Lipinski definition) is 0. The van der Waals surface area contributed by atoms with Gasteiger partial charge < -0.3 is 0 Å². The summed E-state index contributed by atoms with van der Waals surface area (Å²) in [5, 5.41) is 0. The van der Waals surface area contributed by atoms with Gasteiger partial charge in [-0.15, -0.1) is 6.58 Å². The summed E-state index contributed by atoms with van der Waals surface area (Å²) in [6.07, 6.45) is 11.0. The minimum Gasteiger partial charge on any atom is -0.103 e. The maximum atomic E-state index is 3.82. The van der Waals surface area contributed by atoms with Crippen LogP contribution in [0.25, 0.3) is 0 Å². The van der Waals surface area contributed by atoms with Crippen molar-refractivity contribution in [2.24, 2.45) is 23.7 Å². The lowest BCUT2D eigenvalue weighted by atomic mass is 9.81. The maximum absolute atomic E-state index is 3.82. The third kappa shape index (κ3) is 1.24. The van der Waals surface area contributed by atoms with Gasteiger partial charge in [-0.05, 0) is 42.9 Å². The minimum absolute atomic E-state index is 0.849. The lowest BCUT2D eigenvalue weighted by molar-refractivity contribution is 0.311. The Morgan fingerprint density at radius 3 is 2.83 bits per heavy atom. The summed E-state index contributed by atoms with van der Waals surface area (Å²) < 4.78 is 0. The van der Waals surface area contributed by atoms with Gasteiger partial charge in [0.05, 0.1) is 0 Å². The van der Waals surface area contributed by atoms with Crippen molar-refractivity contribution in [3.05, 3.63) is 24.8 Å². The first-order valence-corrected chi connectivity index (χ1v) is 5.10. The Balaban J connectivity index is 1.97. The van der Waals surface area contributed by atoms with Gasteiger partial charge in [-0.25, -0.2) is 0 Å². The largest absolute Gasteiger partial charge is 0.103 e. The number of rotatable bonds is 3. The molecule has 0 aromatic rings. The molecule has 0 heteroatoms. The number of fused-ring (bicyclic) bond motifs is 2. The first kappa shape index (κ1) is 8.10. The van der Waals surface area contributed by atoms with Gasteiger partial charge in [-0.2, -0.15) is 0 Å². The first-order chi connectivity index (χ1) is 5.81. The maximum Gasteiger partial charge on any atom is -0.0197 e. The molecule has 0 nitrogen and oxygen atoms in total. The van der Waals surface area contributed by atoms with Crippen LogP contribution >= 0.6 is 0 Å². The van der Waals surface area contributed by atoms with E-state index in [2.05, 4.69) is 31.7 Å². The van der Waals surface area contributed by atoms with Gasteiger partial charge in [0, 0.05) is 0 Å². The molecule has 2 aliphatic carbocycles. The first-order valence-electron chi connectivity index (χ1n) is 5.10. The van der Waals surface area contributed by atoms with Gasteiger partial charge >= 0.3 is 0 Å². The Bertz CT molecular complexity index is 202. The SMILES string of the molecule is C=CCC(C)C1CC2C=CC1C2. The number of allylic oxidation sites excluding steroid dienone is 3. The van der Waals surface area contributed by atoms with E-state index < -0.39 is 0 Å². The van der Waals surface area contributed by atoms with Crippen LogP contribution in [0.5, 0.6) is 0 Å². The fraction of sp³-hybridized carbons (Fsp3) is 0.667. The summed E-state index contributed by atoms with van der Waals surface area (Å²) in [7, 11) is 0. The van der Waals surface area contributed by atoms with Crippen LogP contribution in [0.15, 0.2) is 24.8 Å². The van der Waals surface area contributed by atoms with E-state index in [-0.39, 0.29) is 0 Å². The highest BCUT2D eigenvalue weighted by molar-refractivity contribution is 5.10. The average molecular weight is 162 g/mol. The fourth-order valence-corrected chi connectivity index (χ4v) is 2.92. The molecule has 0 aromatic heterocycles. The monoisotopic (exact) mass is 162 g/mol. The molecule has 0 aromatic carbocycles. The molecule has 2 rings (SSSR count). The van der Waals surface area contributed by atoms with E-state index in [9.17, 15) is 0 Å². The molecule has 2 aliphatic rings. The molecule has 4 atom stereocenters. The molecule has 2 bridgehead atoms. The van der Waals surface area contributed by atoms with Crippen molar-refractivity contribution in [2.75, 3.05) is 0 Å². The van der Waals surface area contributed by atoms with E-state index in [1.807, 2.05) is 0 Å². The fourth-order valence-electron chi connectivity index (χ4n) is 2.92. The number of hydrogen-bond donors (Lipinski definition) is 0. The molecule has 0 N–H and O–H groups in total. The molecule has 1 saturated carbocycles. The Morgan fingerprint density at radius 1 is 1.50 bits per heavy atom. The molecule has 66 valence electrons. The summed E-state index contributed by atoms with van der Waals surface area (Å²) in [4.78, 5) is 0. The second-order valence-electron chi connectivity index (χ2n) is 4.45. The van der Waals surface area contributed by atoms with Crippen LogP contribution in [0.4, 0.5) is 0 Å². The molecule has 0 spiro atoms. The van der Waals surface area contributed by atoms with Crippen LogP contribution < -0.4 is 0 Å². The van der Waals surface area contributed by atoms with Crippen molar-refractivity contribution >= 4 is 0 Å². The molecular formula is C12H18. The third-order valence-corrected chi connectivity index (χ3v) is 3.60. The van der Waals surface area contributed by atoms with E-state index in [4.69, 9.17) is 0 Å². The molecule has 4 unspecified atom stereocenters. The summed E-state index contributed by atoms with van der Waals surface area (Å²) in [5.41, 5.74) is 0. The van der Waals surface area contributed by atoms with Crippen molar-refractivity contribution in [3.8, 4) is 0 Å². The van der Waals surface area contributed by atoms with Crippen LogP contribution in [-0.2, 0) is 0 Å². The normalized spacial score (nSPS) is 40.2. The van der Waals surface area contributed by atoms with Crippen molar-refractivity contribution in [3.63, 3.8) is 0 Å². The van der Waals surface area contributed by atoms with Gasteiger partial charge in [-0.1, -0.05) is 25.2 Å². The van der Waals surface area contributed by atoms with Gasteiger partial charge in [-0.3, -0.25) is 0 Å². The van der Waals surface area contributed by atoms with Gasteiger partial charge in [0.25, 0.3) is 0 Å². The van der Waals surface area contributed by atoms with Crippen molar-refractivity contribution in [1.82, 2.24) is 0 Å². The summed E-state index contributed by atoms with van der Waals surface area (Å²) in [6, 6.07) is 0. The van der Waals surface area contributed by atoms with Crippen LogP contribution in [0.3, 0.4) is 0 Å². The quantitative estimate of drug-likeness (QED) is 0.558. The third-order valence-electron chi connectivity index (χ3n) is 3.60. The highest BCUT2D eigenvalue weighted by Crippen LogP contribution is 2.47. The predicted octanol–water partition coefficient (Wildman–Crippen LogP) is 3.41. The molecule has 12 heavy (non-hydrogen) atoms. The lowest BCUT2D eigenvalue weighted by Crippen LogP contribution is -2.15. The van der Waals surface area contributed by atoms with E-state index in [1.54, 1.807) is 0 Å². The van der Waals surface area contributed by atoms with Crippen LogP contribution in [0, 0.1) is 23.7 Å². The summed E-state index contributed by atoms with van der Waals surface area (Å²) in [6.45, 7) is 6.19. The van der Waals surface area contributed by atoms with Crippen molar-refractivity contribution in [1.29, 1.82) is 0 Å². The van der Waals surface area contributed by atoms with Crippen molar-refractivity contribution < 1.29 is 0 Å². The molecule has 0 radical (unpaired) electrons. The van der Waals surface area contributed by atoms with Gasteiger partial charge in [0.15, 0.2) is 0 Å². The Labute approximate surface area is 75.4 Å². The lowest BCUT2D eigenvalue weighted by Gasteiger charge is -2.24. The van der Waals surface area contributed by atoms with Gasteiger partial charge in [0.1, 0.15) is 0 Å². The second-order valence-corrected chi connectivity index (χ2v) is 4.45. The highest BCUT2D eigenvalue weighted by atomic mass is 14.4. The van der Waals surface area contributed by atoms with Crippen molar-refractivity contribution in [2.45, 2.75) is 26.2 Å². The van der Waals surface area contributed by atoms with E-state index in [0.29, 0.717) is 0 Å². The molecule has 1 fully saturated rings. The summed E-state index contributed by atoms with van der Waals surface area (Å²) in [5.74, 6) is 3.64. The van der Waals surface area contributed by atoms with Crippen LogP contribution in [0.2, 0.25) is 0 Å². The molecular weight excluding hydrogens is 144 g/mol.